The first-order chi connectivity index (χ1) is 10.1. The fraction of sp³-hybridized carbons (Fsp3) is 0.176. The molecule has 0 spiro atoms. The van der Waals surface area contributed by atoms with Gasteiger partial charge in [0.2, 0.25) is 10.5 Å². The van der Waals surface area contributed by atoms with Crippen molar-refractivity contribution in [2.75, 3.05) is 0 Å². The highest BCUT2D eigenvalue weighted by molar-refractivity contribution is 6.64. The summed E-state index contributed by atoms with van der Waals surface area (Å²) >= 11 is 11.1. The number of carbonyl (C=O) groups excluding carboxylic acids is 2. The van der Waals surface area contributed by atoms with E-state index in [0.717, 1.165) is 16.7 Å². The van der Waals surface area contributed by atoms with Crippen LogP contribution in [0.1, 0.15) is 22.6 Å². The van der Waals surface area contributed by atoms with Crippen molar-refractivity contribution in [2.45, 2.75) is 18.8 Å². The molecule has 2 aromatic carbocycles. The molecule has 0 saturated carbocycles. The average molecular weight is 321 g/mol. The maximum absolute atomic E-state index is 11.7. The van der Waals surface area contributed by atoms with Gasteiger partial charge in [-0.25, -0.2) is 0 Å². The third-order valence-corrected chi connectivity index (χ3v) is 3.68. The monoisotopic (exact) mass is 320 g/mol. The molecule has 0 radical (unpaired) electrons. The van der Waals surface area contributed by atoms with E-state index in [4.69, 9.17) is 23.2 Å². The highest BCUT2D eigenvalue weighted by atomic mass is 35.5. The first kappa shape index (κ1) is 15.7. The van der Waals surface area contributed by atoms with E-state index in [1.165, 1.54) is 0 Å². The van der Waals surface area contributed by atoms with Gasteiger partial charge in [-0.15, -0.1) is 0 Å². The fourth-order valence-corrected chi connectivity index (χ4v) is 2.56. The molecule has 2 aromatic rings. The molecule has 0 aliphatic carbocycles. The van der Waals surface area contributed by atoms with Gasteiger partial charge in [0.05, 0.1) is 5.92 Å². The van der Waals surface area contributed by atoms with Gasteiger partial charge >= 0.3 is 0 Å². The van der Waals surface area contributed by atoms with Gasteiger partial charge in [-0.3, -0.25) is 9.59 Å². The molecule has 108 valence electrons. The quantitative estimate of drug-likeness (QED) is 0.751. The van der Waals surface area contributed by atoms with Gasteiger partial charge in [0, 0.05) is 6.42 Å². The zero-order valence-corrected chi connectivity index (χ0v) is 12.8. The second kappa shape index (κ2) is 7.39. The molecule has 0 aliphatic rings. The van der Waals surface area contributed by atoms with Crippen molar-refractivity contribution in [2.24, 2.45) is 0 Å². The Morgan fingerprint density at radius 1 is 0.857 bits per heavy atom. The summed E-state index contributed by atoms with van der Waals surface area (Å²) in [6, 6.07) is 17.0. The van der Waals surface area contributed by atoms with Crippen LogP contribution >= 0.6 is 23.2 Å². The summed E-state index contributed by atoms with van der Waals surface area (Å²) in [5, 5.41) is -0.794. The lowest BCUT2D eigenvalue weighted by atomic mass is 9.92. The molecule has 0 heterocycles. The van der Waals surface area contributed by atoms with Crippen LogP contribution in [0.25, 0.3) is 0 Å². The van der Waals surface area contributed by atoms with Crippen LogP contribution in [0.3, 0.4) is 0 Å². The summed E-state index contributed by atoms with van der Waals surface area (Å²) in [5.74, 6) is -0.394. The topological polar surface area (TPSA) is 34.1 Å². The molecule has 2 nitrogen and oxygen atoms in total. The predicted octanol–water partition coefficient (Wildman–Crippen LogP) is 4.09. The Morgan fingerprint density at radius 3 is 2.00 bits per heavy atom. The smallest absolute Gasteiger partial charge is 0.229 e. The molecule has 0 fully saturated rings. The zero-order chi connectivity index (χ0) is 15.2. The van der Waals surface area contributed by atoms with Crippen molar-refractivity contribution in [1.82, 2.24) is 0 Å². The first-order valence-electron chi connectivity index (χ1n) is 6.56. The Morgan fingerprint density at radius 2 is 1.48 bits per heavy atom. The van der Waals surface area contributed by atoms with E-state index in [1.807, 2.05) is 42.5 Å². The van der Waals surface area contributed by atoms with Gasteiger partial charge in [0.25, 0.3) is 0 Å². The number of benzene rings is 2. The number of hydrogen-bond acceptors (Lipinski definition) is 2. The van der Waals surface area contributed by atoms with Crippen LogP contribution in [0.15, 0.2) is 54.6 Å². The average Bonchev–Trinajstić information content (AvgIpc) is 2.46. The van der Waals surface area contributed by atoms with E-state index in [2.05, 4.69) is 0 Å². The minimum Gasteiger partial charge on any atom is -0.281 e. The lowest BCUT2D eigenvalue weighted by Crippen LogP contribution is -2.10. The summed E-state index contributed by atoms with van der Waals surface area (Å²) in [5.41, 5.74) is 2.71. The molecule has 1 atom stereocenters. The molecule has 0 aliphatic heterocycles. The van der Waals surface area contributed by atoms with Gasteiger partial charge in [-0.2, -0.15) is 0 Å². The number of halogens is 2. The van der Waals surface area contributed by atoms with E-state index < -0.39 is 11.2 Å². The van der Waals surface area contributed by atoms with Crippen LogP contribution in [-0.4, -0.2) is 10.5 Å². The van der Waals surface area contributed by atoms with Crippen molar-refractivity contribution in [3.05, 3.63) is 71.3 Å². The fourth-order valence-electron chi connectivity index (χ4n) is 2.21. The van der Waals surface area contributed by atoms with E-state index in [0.29, 0.717) is 6.42 Å². The Hall–Kier alpha value is -1.64. The third-order valence-electron chi connectivity index (χ3n) is 3.28. The lowest BCUT2D eigenvalue weighted by molar-refractivity contribution is -0.113. The summed E-state index contributed by atoms with van der Waals surface area (Å²) in [6.07, 6.45) is 0.733. The molecular formula is C17H14Cl2O2. The van der Waals surface area contributed by atoms with E-state index in [-0.39, 0.29) is 11.7 Å². The third kappa shape index (κ3) is 4.69. The first-order valence-corrected chi connectivity index (χ1v) is 7.32. The van der Waals surface area contributed by atoms with E-state index in [9.17, 15) is 9.59 Å². The molecule has 4 heteroatoms. The maximum Gasteiger partial charge on any atom is 0.229 e. The highest BCUT2D eigenvalue weighted by Crippen LogP contribution is 2.24. The van der Waals surface area contributed by atoms with Crippen molar-refractivity contribution >= 4 is 33.7 Å². The standard InChI is InChI=1S/C17H14Cl2O2/c18-16(20)11-13-6-8-14(9-7-13)15(17(19)21)10-12-4-2-1-3-5-12/h1-9,15H,10-11H2. The molecule has 0 aromatic heterocycles. The van der Waals surface area contributed by atoms with Gasteiger partial charge in [-0.05, 0) is 46.3 Å². The van der Waals surface area contributed by atoms with Crippen molar-refractivity contribution < 1.29 is 9.59 Å². The van der Waals surface area contributed by atoms with Gasteiger partial charge in [-0.1, -0.05) is 54.6 Å². The van der Waals surface area contributed by atoms with Crippen molar-refractivity contribution in [3.8, 4) is 0 Å². The van der Waals surface area contributed by atoms with Gasteiger partial charge in [0.1, 0.15) is 0 Å². The molecule has 21 heavy (non-hydrogen) atoms. The Labute approximate surface area is 133 Å². The van der Waals surface area contributed by atoms with Gasteiger partial charge in [0.15, 0.2) is 0 Å². The Kier molecular flexibility index (Phi) is 5.54. The summed E-state index contributed by atoms with van der Waals surface area (Å²) < 4.78 is 0. The Balaban J connectivity index is 2.18. The minimum atomic E-state index is -0.406. The number of rotatable bonds is 6. The summed E-state index contributed by atoms with van der Waals surface area (Å²) in [4.78, 5) is 22.6. The highest BCUT2D eigenvalue weighted by Gasteiger charge is 2.19. The van der Waals surface area contributed by atoms with Crippen molar-refractivity contribution in [1.29, 1.82) is 0 Å². The molecule has 2 rings (SSSR count). The van der Waals surface area contributed by atoms with Crippen LogP contribution in [0, 0.1) is 0 Å². The molecule has 0 amide bonds. The molecular weight excluding hydrogens is 307 g/mol. The van der Waals surface area contributed by atoms with Crippen LogP contribution in [0.2, 0.25) is 0 Å². The second-order valence-corrected chi connectivity index (χ2v) is 5.61. The number of carbonyl (C=O) groups is 2. The number of hydrogen-bond donors (Lipinski definition) is 0. The molecule has 0 saturated heterocycles. The van der Waals surface area contributed by atoms with Crippen LogP contribution in [0.4, 0.5) is 0 Å². The summed E-state index contributed by atoms with van der Waals surface area (Å²) in [7, 11) is 0. The second-order valence-electron chi connectivity index (χ2n) is 4.82. The zero-order valence-electron chi connectivity index (χ0n) is 11.3. The normalized spacial score (nSPS) is 11.9. The summed E-state index contributed by atoms with van der Waals surface area (Å²) in [6.45, 7) is 0. The lowest BCUT2D eigenvalue weighted by Gasteiger charge is -2.13. The van der Waals surface area contributed by atoms with E-state index in [1.54, 1.807) is 12.1 Å². The predicted molar refractivity (Wildman–Crippen MR) is 84.8 cm³/mol. The maximum atomic E-state index is 11.7. The van der Waals surface area contributed by atoms with E-state index >= 15 is 0 Å². The molecule has 1 unspecified atom stereocenters. The largest absolute Gasteiger partial charge is 0.281 e. The van der Waals surface area contributed by atoms with Crippen LogP contribution < -0.4 is 0 Å². The molecule has 0 bridgehead atoms. The van der Waals surface area contributed by atoms with Gasteiger partial charge < -0.3 is 0 Å². The Bertz CT molecular complexity index is 621. The minimum absolute atomic E-state index is 0.181. The molecule has 0 N–H and O–H groups in total. The van der Waals surface area contributed by atoms with Crippen LogP contribution in [0.5, 0.6) is 0 Å². The SMILES string of the molecule is O=C(Cl)Cc1ccc(C(Cc2ccccc2)C(=O)Cl)cc1. The van der Waals surface area contributed by atoms with Crippen molar-refractivity contribution in [3.63, 3.8) is 0 Å². The van der Waals surface area contributed by atoms with Crippen LogP contribution in [-0.2, 0) is 22.4 Å².